The average Bonchev–Trinajstić information content (AvgIpc) is 2.05. The van der Waals surface area contributed by atoms with E-state index in [4.69, 9.17) is 14.2 Å². The summed E-state index contributed by atoms with van der Waals surface area (Å²) in [6.45, 7) is 9.06. The minimum absolute atomic E-state index is 0.193. The molecule has 1 radical (unpaired) electrons. The van der Waals surface area contributed by atoms with Gasteiger partial charge in [-0.2, -0.15) is 0 Å². The van der Waals surface area contributed by atoms with Gasteiger partial charge in [0, 0.05) is 6.61 Å². The molecule has 3 nitrogen and oxygen atoms in total. The lowest BCUT2D eigenvalue weighted by Crippen LogP contribution is -2.22. The summed E-state index contributed by atoms with van der Waals surface area (Å²) in [4.78, 5) is 0. The zero-order valence-corrected chi connectivity index (χ0v) is 9.08. The normalized spacial score (nSPS) is 15.7. The summed E-state index contributed by atoms with van der Waals surface area (Å²) in [6.07, 6.45) is 2.69. The molecule has 79 valence electrons. The Morgan fingerprint density at radius 1 is 1.08 bits per heavy atom. The predicted octanol–water partition coefficient (Wildman–Crippen LogP) is 2.36. The number of hydrogen-bond acceptors (Lipinski definition) is 3. The minimum atomic E-state index is -0.204. The second kappa shape index (κ2) is 8.48. The second-order valence-corrected chi connectivity index (χ2v) is 2.76. The first-order valence-corrected chi connectivity index (χ1v) is 4.91. The fourth-order valence-corrected chi connectivity index (χ4v) is 0.905. The van der Waals surface area contributed by atoms with Crippen LogP contribution in [0.1, 0.15) is 34.1 Å². The maximum Gasteiger partial charge on any atom is 0.157 e. The molecule has 0 aliphatic rings. The Balaban J connectivity index is 3.32. The van der Waals surface area contributed by atoms with E-state index in [9.17, 15) is 0 Å². The lowest BCUT2D eigenvalue weighted by molar-refractivity contribution is -0.227. The Morgan fingerprint density at radius 3 is 2.23 bits per heavy atom. The summed E-state index contributed by atoms with van der Waals surface area (Å²) in [5.41, 5.74) is 0. The predicted molar refractivity (Wildman–Crippen MR) is 52.2 cm³/mol. The lowest BCUT2D eigenvalue weighted by atomic mass is 10.4. The first-order valence-electron chi connectivity index (χ1n) is 4.91. The van der Waals surface area contributed by atoms with Gasteiger partial charge in [0.05, 0.1) is 6.61 Å². The molecule has 0 aromatic carbocycles. The molecular weight excluding hydrogens is 168 g/mol. The topological polar surface area (TPSA) is 27.7 Å². The van der Waals surface area contributed by atoms with E-state index in [2.05, 4.69) is 13.3 Å². The van der Waals surface area contributed by atoms with Gasteiger partial charge in [-0.15, -0.1) is 0 Å². The van der Waals surface area contributed by atoms with E-state index in [1.54, 1.807) is 0 Å². The highest BCUT2D eigenvalue weighted by Gasteiger charge is 2.07. The molecule has 0 rings (SSSR count). The van der Waals surface area contributed by atoms with E-state index >= 15 is 0 Å². The van der Waals surface area contributed by atoms with Crippen molar-refractivity contribution in [1.29, 1.82) is 0 Å². The van der Waals surface area contributed by atoms with Gasteiger partial charge in [0.15, 0.2) is 12.6 Å². The van der Waals surface area contributed by atoms with Crippen molar-refractivity contribution in [2.75, 3.05) is 13.2 Å². The molecule has 0 bridgehead atoms. The molecule has 0 amide bonds. The van der Waals surface area contributed by atoms with E-state index in [1.807, 2.05) is 20.8 Å². The summed E-state index contributed by atoms with van der Waals surface area (Å²) in [5.74, 6) is 0. The van der Waals surface area contributed by atoms with Gasteiger partial charge in [-0.05, 0) is 27.2 Å². The van der Waals surface area contributed by atoms with Gasteiger partial charge in [0.2, 0.25) is 0 Å². The van der Waals surface area contributed by atoms with Crippen LogP contribution >= 0.6 is 0 Å². The van der Waals surface area contributed by atoms with Gasteiger partial charge >= 0.3 is 0 Å². The summed E-state index contributed by atoms with van der Waals surface area (Å²) >= 11 is 0. The molecular formula is C10H21O3. The minimum Gasteiger partial charge on any atom is -0.353 e. The fraction of sp³-hybridized carbons (Fsp3) is 0.900. The SMILES string of the molecule is CC[CH]COC(C)OC(C)OCC. The Kier molecular flexibility index (Phi) is 8.40. The molecule has 0 aromatic rings. The Bertz CT molecular complexity index is 106. The van der Waals surface area contributed by atoms with Gasteiger partial charge in [-0.3, -0.25) is 0 Å². The third-order valence-corrected chi connectivity index (χ3v) is 1.52. The first kappa shape index (κ1) is 12.9. The van der Waals surface area contributed by atoms with Crippen LogP contribution in [0.25, 0.3) is 0 Å². The van der Waals surface area contributed by atoms with Crippen LogP contribution < -0.4 is 0 Å². The van der Waals surface area contributed by atoms with E-state index in [-0.39, 0.29) is 12.6 Å². The van der Waals surface area contributed by atoms with Gasteiger partial charge in [0.25, 0.3) is 0 Å². The van der Waals surface area contributed by atoms with Gasteiger partial charge in [-0.1, -0.05) is 13.3 Å². The molecule has 3 heteroatoms. The molecule has 0 heterocycles. The van der Waals surface area contributed by atoms with Crippen molar-refractivity contribution in [3.63, 3.8) is 0 Å². The molecule has 0 aliphatic heterocycles. The lowest BCUT2D eigenvalue weighted by Gasteiger charge is -2.18. The van der Waals surface area contributed by atoms with Crippen LogP contribution in [0.15, 0.2) is 0 Å². The van der Waals surface area contributed by atoms with Crippen LogP contribution in [0, 0.1) is 6.42 Å². The highest BCUT2D eigenvalue weighted by molar-refractivity contribution is 4.58. The molecule has 13 heavy (non-hydrogen) atoms. The smallest absolute Gasteiger partial charge is 0.157 e. The average molecular weight is 189 g/mol. The molecule has 0 saturated carbocycles. The van der Waals surface area contributed by atoms with Crippen molar-refractivity contribution in [1.82, 2.24) is 0 Å². The van der Waals surface area contributed by atoms with Crippen molar-refractivity contribution in [2.24, 2.45) is 0 Å². The zero-order valence-electron chi connectivity index (χ0n) is 9.08. The largest absolute Gasteiger partial charge is 0.353 e. The van der Waals surface area contributed by atoms with Crippen molar-refractivity contribution in [3.05, 3.63) is 6.42 Å². The number of hydrogen-bond donors (Lipinski definition) is 0. The third kappa shape index (κ3) is 8.22. The van der Waals surface area contributed by atoms with Gasteiger partial charge in [-0.25, -0.2) is 0 Å². The molecule has 0 aliphatic carbocycles. The summed E-state index contributed by atoms with van der Waals surface area (Å²) in [5, 5.41) is 0. The maximum atomic E-state index is 5.37. The van der Waals surface area contributed by atoms with Gasteiger partial charge < -0.3 is 14.2 Å². The summed E-state index contributed by atoms with van der Waals surface area (Å²) in [7, 11) is 0. The van der Waals surface area contributed by atoms with Crippen molar-refractivity contribution in [3.8, 4) is 0 Å². The van der Waals surface area contributed by atoms with Crippen LogP contribution in [0.3, 0.4) is 0 Å². The number of unbranched alkanes of at least 4 members (excludes halogenated alkanes) is 1. The molecule has 0 aromatic heterocycles. The highest BCUT2D eigenvalue weighted by atomic mass is 16.8. The molecule has 0 spiro atoms. The van der Waals surface area contributed by atoms with Crippen molar-refractivity contribution in [2.45, 2.75) is 46.7 Å². The summed E-state index contributed by atoms with van der Waals surface area (Å²) in [6, 6.07) is 0. The molecule has 0 N–H and O–H groups in total. The van der Waals surface area contributed by atoms with Crippen molar-refractivity contribution < 1.29 is 14.2 Å². The molecule has 0 saturated heterocycles. The fourth-order valence-electron chi connectivity index (χ4n) is 0.905. The quantitative estimate of drug-likeness (QED) is 0.433. The number of ether oxygens (including phenoxy) is 3. The monoisotopic (exact) mass is 189 g/mol. The molecule has 0 fully saturated rings. The molecule has 2 atom stereocenters. The highest BCUT2D eigenvalue weighted by Crippen LogP contribution is 2.02. The Morgan fingerprint density at radius 2 is 1.69 bits per heavy atom. The molecule has 2 unspecified atom stereocenters. The summed E-state index contributed by atoms with van der Waals surface area (Å²) < 4.78 is 15.9. The van der Waals surface area contributed by atoms with Crippen LogP contribution in [0.2, 0.25) is 0 Å². The van der Waals surface area contributed by atoms with E-state index in [1.165, 1.54) is 0 Å². The zero-order chi connectivity index (χ0) is 10.1. The first-order chi connectivity index (χ1) is 6.20. The standard InChI is InChI=1S/C10H21O3/c1-5-7-8-12-10(4)13-9(3)11-6-2/h7,9-10H,5-6,8H2,1-4H3. The van der Waals surface area contributed by atoms with Crippen LogP contribution in [0.5, 0.6) is 0 Å². The van der Waals surface area contributed by atoms with Gasteiger partial charge in [0.1, 0.15) is 0 Å². The van der Waals surface area contributed by atoms with E-state index in [0.717, 1.165) is 6.42 Å². The Hall–Kier alpha value is -0.120. The third-order valence-electron chi connectivity index (χ3n) is 1.52. The Labute approximate surface area is 81.4 Å². The van der Waals surface area contributed by atoms with E-state index < -0.39 is 0 Å². The van der Waals surface area contributed by atoms with Crippen LogP contribution in [0.4, 0.5) is 0 Å². The van der Waals surface area contributed by atoms with Crippen LogP contribution in [-0.2, 0) is 14.2 Å². The van der Waals surface area contributed by atoms with E-state index in [0.29, 0.717) is 13.2 Å². The second-order valence-electron chi connectivity index (χ2n) is 2.76. The number of rotatable bonds is 8. The van der Waals surface area contributed by atoms with Crippen LogP contribution in [-0.4, -0.2) is 25.8 Å². The maximum absolute atomic E-state index is 5.37. The van der Waals surface area contributed by atoms with Crippen molar-refractivity contribution >= 4 is 0 Å².